The predicted octanol–water partition coefficient (Wildman–Crippen LogP) is 2.65. The minimum atomic E-state index is 0.166. The molecule has 1 saturated heterocycles. The van der Waals surface area contributed by atoms with Crippen molar-refractivity contribution in [1.29, 1.82) is 0 Å². The van der Waals surface area contributed by atoms with Gasteiger partial charge in [0, 0.05) is 18.9 Å². The summed E-state index contributed by atoms with van der Waals surface area (Å²) in [5.41, 5.74) is 0.224. The van der Waals surface area contributed by atoms with Crippen LogP contribution < -0.4 is 5.32 Å². The molecule has 1 heterocycles. The van der Waals surface area contributed by atoms with E-state index in [0.717, 1.165) is 19.6 Å². The van der Waals surface area contributed by atoms with Crippen molar-refractivity contribution in [3.05, 3.63) is 24.0 Å². The molecule has 2 unspecified atom stereocenters. The first-order valence-corrected chi connectivity index (χ1v) is 7.44. The summed E-state index contributed by atoms with van der Waals surface area (Å²) in [7, 11) is 0. The van der Waals surface area contributed by atoms with Gasteiger partial charge in [-0.25, -0.2) is 0 Å². The quantitative estimate of drug-likeness (QED) is 0.845. The summed E-state index contributed by atoms with van der Waals surface area (Å²) >= 11 is 0. The van der Waals surface area contributed by atoms with Gasteiger partial charge in [-0.15, -0.1) is 0 Å². The molecule has 3 aliphatic rings. The first kappa shape index (κ1) is 12.8. The maximum Gasteiger partial charge on any atom is 0.219 e. The van der Waals surface area contributed by atoms with E-state index >= 15 is 0 Å². The summed E-state index contributed by atoms with van der Waals surface area (Å²) in [5.74, 6) is 3.23. The number of carbonyl (C=O) groups excluding carboxylic acids is 1. The second-order valence-electron chi connectivity index (χ2n) is 6.24. The smallest absolute Gasteiger partial charge is 0.219 e. The molecule has 0 radical (unpaired) electrons. The third-order valence-corrected chi connectivity index (χ3v) is 5.09. The Balaban J connectivity index is 1.62. The van der Waals surface area contributed by atoms with Crippen LogP contribution in [0, 0.1) is 23.2 Å². The molecule has 104 valence electrons. The Bertz CT molecular complexity index is 440. The lowest BCUT2D eigenvalue weighted by molar-refractivity contribution is -0.120. The second-order valence-corrected chi connectivity index (χ2v) is 6.24. The predicted molar refractivity (Wildman–Crippen MR) is 74.3 cm³/mol. The Hall–Kier alpha value is -1.25. The van der Waals surface area contributed by atoms with E-state index < -0.39 is 0 Å². The Morgan fingerprint density at radius 2 is 2.42 bits per heavy atom. The van der Waals surface area contributed by atoms with Crippen molar-refractivity contribution in [1.82, 2.24) is 5.32 Å². The molecule has 3 nitrogen and oxygen atoms in total. The molecule has 3 heteroatoms. The SMILES string of the molecule is CCC(=O)NC[C@H]1C[C@@H]1C1(C)C=CC=C2OCCC21. The molecule has 0 aromatic rings. The lowest BCUT2D eigenvalue weighted by Gasteiger charge is -2.35. The number of ether oxygens (including phenoxy) is 1. The zero-order valence-corrected chi connectivity index (χ0v) is 11.8. The number of amides is 1. The van der Waals surface area contributed by atoms with Crippen LogP contribution >= 0.6 is 0 Å². The number of hydrogen-bond acceptors (Lipinski definition) is 2. The van der Waals surface area contributed by atoms with Crippen molar-refractivity contribution in [2.45, 2.75) is 33.1 Å². The van der Waals surface area contributed by atoms with E-state index in [1.165, 1.54) is 12.2 Å². The number of rotatable bonds is 4. The molecule has 1 saturated carbocycles. The Labute approximate surface area is 115 Å². The maximum absolute atomic E-state index is 11.3. The van der Waals surface area contributed by atoms with Crippen LogP contribution in [0.15, 0.2) is 24.0 Å². The average Bonchev–Trinajstić information content (AvgIpc) is 3.04. The van der Waals surface area contributed by atoms with Gasteiger partial charge in [-0.05, 0) is 36.2 Å². The van der Waals surface area contributed by atoms with Crippen LogP contribution in [0.1, 0.15) is 33.1 Å². The zero-order chi connectivity index (χ0) is 13.5. The summed E-state index contributed by atoms with van der Waals surface area (Å²) in [4.78, 5) is 11.3. The van der Waals surface area contributed by atoms with Gasteiger partial charge in [-0.2, -0.15) is 0 Å². The van der Waals surface area contributed by atoms with E-state index in [-0.39, 0.29) is 11.3 Å². The molecule has 4 atom stereocenters. The average molecular weight is 261 g/mol. The molecule has 3 rings (SSSR count). The molecule has 0 aromatic heterocycles. The van der Waals surface area contributed by atoms with Gasteiger partial charge in [-0.3, -0.25) is 4.79 Å². The zero-order valence-electron chi connectivity index (χ0n) is 11.8. The maximum atomic E-state index is 11.3. The van der Waals surface area contributed by atoms with E-state index in [2.05, 4.69) is 30.5 Å². The number of hydrogen-bond donors (Lipinski definition) is 1. The van der Waals surface area contributed by atoms with Crippen molar-refractivity contribution >= 4 is 5.91 Å². The summed E-state index contributed by atoms with van der Waals surface area (Å²) in [6, 6.07) is 0. The van der Waals surface area contributed by atoms with Gasteiger partial charge in [0.15, 0.2) is 0 Å². The minimum Gasteiger partial charge on any atom is -0.498 e. The van der Waals surface area contributed by atoms with Crippen LogP contribution in [-0.4, -0.2) is 19.1 Å². The van der Waals surface area contributed by atoms with Gasteiger partial charge in [0.1, 0.15) is 0 Å². The van der Waals surface area contributed by atoms with Crippen LogP contribution in [0.5, 0.6) is 0 Å². The molecular weight excluding hydrogens is 238 g/mol. The highest BCUT2D eigenvalue weighted by molar-refractivity contribution is 5.75. The second kappa shape index (κ2) is 4.69. The van der Waals surface area contributed by atoms with Gasteiger partial charge < -0.3 is 10.1 Å². The topological polar surface area (TPSA) is 38.3 Å². The van der Waals surface area contributed by atoms with Crippen molar-refractivity contribution in [2.24, 2.45) is 23.2 Å². The van der Waals surface area contributed by atoms with Gasteiger partial charge in [-0.1, -0.05) is 26.0 Å². The van der Waals surface area contributed by atoms with Crippen LogP contribution in [0.3, 0.4) is 0 Å². The van der Waals surface area contributed by atoms with Gasteiger partial charge >= 0.3 is 0 Å². The standard InChI is InChI=1S/C16H23NO2/c1-3-15(18)17-10-11-9-13(11)16(2)7-4-5-14-12(16)6-8-19-14/h4-5,7,11-13H,3,6,8-10H2,1-2H3,(H,17,18)/t11-,12?,13+,16?/m1/s1. The molecule has 2 aliphatic carbocycles. The first-order chi connectivity index (χ1) is 9.15. The van der Waals surface area contributed by atoms with Crippen LogP contribution in [-0.2, 0) is 9.53 Å². The fourth-order valence-corrected chi connectivity index (χ4v) is 3.77. The van der Waals surface area contributed by atoms with E-state index in [9.17, 15) is 4.79 Å². The molecule has 1 amide bonds. The number of nitrogens with one attached hydrogen (secondary N) is 1. The van der Waals surface area contributed by atoms with E-state index in [0.29, 0.717) is 24.2 Å². The Morgan fingerprint density at radius 1 is 1.58 bits per heavy atom. The molecule has 0 spiro atoms. The highest BCUT2D eigenvalue weighted by Gasteiger charge is 2.54. The summed E-state index contributed by atoms with van der Waals surface area (Å²) < 4.78 is 5.72. The van der Waals surface area contributed by atoms with E-state index in [1.807, 2.05) is 6.92 Å². The molecule has 0 aromatic carbocycles. The summed E-state index contributed by atoms with van der Waals surface area (Å²) in [6.07, 6.45) is 9.58. The molecule has 2 fully saturated rings. The minimum absolute atomic E-state index is 0.166. The van der Waals surface area contributed by atoms with E-state index in [4.69, 9.17) is 4.74 Å². The third-order valence-electron chi connectivity index (χ3n) is 5.09. The highest BCUT2D eigenvalue weighted by Crippen LogP contribution is 2.59. The van der Waals surface area contributed by atoms with Gasteiger partial charge in [0.05, 0.1) is 12.4 Å². The number of fused-ring (bicyclic) bond motifs is 1. The van der Waals surface area contributed by atoms with Crippen LogP contribution in [0.2, 0.25) is 0 Å². The lowest BCUT2D eigenvalue weighted by Crippen LogP contribution is -2.31. The molecule has 19 heavy (non-hydrogen) atoms. The lowest BCUT2D eigenvalue weighted by atomic mass is 9.69. The van der Waals surface area contributed by atoms with Crippen LogP contribution in [0.25, 0.3) is 0 Å². The molecule has 1 N–H and O–H groups in total. The number of allylic oxidation sites excluding steroid dienone is 4. The Morgan fingerprint density at radius 3 is 3.21 bits per heavy atom. The van der Waals surface area contributed by atoms with Crippen molar-refractivity contribution in [2.75, 3.05) is 13.2 Å². The number of carbonyl (C=O) groups is 1. The first-order valence-electron chi connectivity index (χ1n) is 7.44. The Kier molecular flexibility index (Phi) is 3.15. The third kappa shape index (κ3) is 2.19. The summed E-state index contributed by atoms with van der Waals surface area (Å²) in [5, 5.41) is 3.03. The normalized spacial score (nSPS) is 39.3. The monoisotopic (exact) mass is 261 g/mol. The fourth-order valence-electron chi connectivity index (χ4n) is 3.77. The molecular formula is C16H23NO2. The molecule has 0 bridgehead atoms. The van der Waals surface area contributed by atoms with Crippen LogP contribution in [0.4, 0.5) is 0 Å². The highest BCUT2D eigenvalue weighted by atomic mass is 16.5. The van der Waals surface area contributed by atoms with E-state index in [1.54, 1.807) is 0 Å². The van der Waals surface area contributed by atoms with Crippen molar-refractivity contribution in [3.8, 4) is 0 Å². The summed E-state index contributed by atoms with van der Waals surface area (Å²) in [6.45, 7) is 5.96. The largest absolute Gasteiger partial charge is 0.498 e. The van der Waals surface area contributed by atoms with Crippen molar-refractivity contribution < 1.29 is 9.53 Å². The van der Waals surface area contributed by atoms with Crippen molar-refractivity contribution in [3.63, 3.8) is 0 Å². The molecule has 1 aliphatic heterocycles. The fraction of sp³-hybridized carbons (Fsp3) is 0.688. The van der Waals surface area contributed by atoms with Gasteiger partial charge in [0.25, 0.3) is 0 Å². The van der Waals surface area contributed by atoms with Gasteiger partial charge in [0.2, 0.25) is 5.91 Å².